The van der Waals surface area contributed by atoms with E-state index in [0.717, 1.165) is 11.8 Å². The van der Waals surface area contributed by atoms with E-state index in [1.165, 1.54) is 12.1 Å². The molecule has 0 atom stereocenters. The molecule has 3 rings (SSSR count). The van der Waals surface area contributed by atoms with E-state index in [9.17, 15) is 9.18 Å². The lowest BCUT2D eigenvalue weighted by molar-refractivity contribution is 0.111. The first-order chi connectivity index (χ1) is 10.2. The first kappa shape index (κ1) is 13.4. The van der Waals surface area contributed by atoms with Gasteiger partial charge in [-0.1, -0.05) is 6.07 Å². The first-order valence-electron chi connectivity index (χ1n) is 6.72. The lowest BCUT2D eigenvalue weighted by atomic mass is 10.0. The molecule has 0 N–H and O–H groups in total. The third-order valence-corrected chi connectivity index (χ3v) is 3.36. The van der Waals surface area contributed by atoms with Gasteiger partial charge >= 0.3 is 0 Å². The molecule has 3 aromatic rings. The normalized spacial score (nSPS) is 10.8. The summed E-state index contributed by atoms with van der Waals surface area (Å²) in [5, 5.41) is 0. The molecule has 0 aliphatic carbocycles. The average molecular weight is 283 g/mol. The van der Waals surface area contributed by atoms with Crippen molar-refractivity contribution >= 4 is 11.8 Å². The van der Waals surface area contributed by atoms with Gasteiger partial charge in [-0.2, -0.15) is 0 Å². The topological polar surface area (TPSA) is 30.7 Å². The van der Waals surface area contributed by atoms with Gasteiger partial charge in [0.2, 0.25) is 0 Å². The Morgan fingerprint density at radius 2 is 2.05 bits per heavy atom. The number of carbonyl (C=O) groups excluding carboxylic acids is 1. The number of carbonyl (C=O) groups is 1. The molecule has 0 saturated heterocycles. The van der Waals surface area contributed by atoms with Crippen LogP contribution >= 0.6 is 0 Å². The van der Waals surface area contributed by atoms with Crippen LogP contribution in [0.5, 0.6) is 5.75 Å². The number of fused-ring (bicyclic) bond motifs is 1. The maximum atomic E-state index is 13.6. The fourth-order valence-electron chi connectivity index (χ4n) is 2.47. The number of aldehydes is 1. The molecule has 21 heavy (non-hydrogen) atoms. The highest BCUT2D eigenvalue weighted by molar-refractivity contribution is 5.91. The van der Waals surface area contributed by atoms with E-state index < -0.39 is 0 Å². The van der Waals surface area contributed by atoms with Crippen LogP contribution in [-0.2, 0) is 0 Å². The number of nitrogens with zero attached hydrogens (tertiary/aromatic N) is 1. The van der Waals surface area contributed by atoms with E-state index in [1.54, 1.807) is 10.5 Å². The second kappa shape index (κ2) is 5.40. The second-order valence-corrected chi connectivity index (χ2v) is 4.63. The van der Waals surface area contributed by atoms with Gasteiger partial charge in [0.25, 0.3) is 0 Å². The molecule has 0 bridgehead atoms. The van der Waals surface area contributed by atoms with Gasteiger partial charge in [0, 0.05) is 22.8 Å². The summed E-state index contributed by atoms with van der Waals surface area (Å²) in [6.07, 6.45) is 2.59. The Hall–Kier alpha value is -2.62. The summed E-state index contributed by atoms with van der Waals surface area (Å²) in [5.41, 5.74) is 2.61. The molecule has 2 heterocycles. The molecule has 4 heteroatoms. The zero-order valence-corrected chi connectivity index (χ0v) is 11.5. The summed E-state index contributed by atoms with van der Waals surface area (Å²) in [5.74, 6) is 0.207. The van der Waals surface area contributed by atoms with Crippen LogP contribution in [0.1, 0.15) is 17.4 Å². The maximum Gasteiger partial charge on any atom is 0.167 e. The molecule has 1 aromatic carbocycles. The van der Waals surface area contributed by atoms with Crippen LogP contribution in [0.3, 0.4) is 0 Å². The SMILES string of the molecule is CCOc1ccc(F)cc1-c1cc2ccccn2c1C=O. The monoisotopic (exact) mass is 283 g/mol. The van der Waals surface area contributed by atoms with Crippen molar-refractivity contribution in [1.29, 1.82) is 0 Å². The minimum Gasteiger partial charge on any atom is -0.493 e. The fraction of sp³-hybridized carbons (Fsp3) is 0.118. The summed E-state index contributed by atoms with van der Waals surface area (Å²) in [6.45, 7) is 2.34. The van der Waals surface area contributed by atoms with E-state index >= 15 is 0 Å². The third kappa shape index (κ3) is 2.29. The van der Waals surface area contributed by atoms with Gasteiger partial charge in [0.1, 0.15) is 11.6 Å². The molecule has 2 aromatic heterocycles. The molecule has 0 aliphatic rings. The van der Waals surface area contributed by atoms with Crippen molar-refractivity contribution in [3.05, 3.63) is 60.2 Å². The van der Waals surface area contributed by atoms with Gasteiger partial charge in [-0.15, -0.1) is 0 Å². The fourth-order valence-corrected chi connectivity index (χ4v) is 2.47. The molecular formula is C17H14FNO2. The van der Waals surface area contributed by atoms with Crippen molar-refractivity contribution in [2.75, 3.05) is 6.61 Å². The van der Waals surface area contributed by atoms with E-state index in [1.807, 2.05) is 37.4 Å². The van der Waals surface area contributed by atoms with Crippen molar-refractivity contribution in [2.24, 2.45) is 0 Å². The van der Waals surface area contributed by atoms with Crippen LogP contribution in [-0.4, -0.2) is 17.3 Å². The number of benzene rings is 1. The predicted octanol–water partition coefficient (Wildman–Crippen LogP) is 3.96. The molecular weight excluding hydrogens is 269 g/mol. The molecule has 106 valence electrons. The highest BCUT2D eigenvalue weighted by Crippen LogP contribution is 2.34. The van der Waals surface area contributed by atoms with Crippen molar-refractivity contribution in [1.82, 2.24) is 4.40 Å². The largest absolute Gasteiger partial charge is 0.493 e. The number of halogens is 1. The van der Waals surface area contributed by atoms with Crippen molar-refractivity contribution in [3.63, 3.8) is 0 Å². The van der Waals surface area contributed by atoms with Crippen LogP contribution in [0, 0.1) is 5.82 Å². The van der Waals surface area contributed by atoms with Crippen LogP contribution in [0.4, 0.5) is 4.39 Å². The Labute approximate surface area is 121 Å². The van der Waals surface area contributed by atoms with Gasteiger partial charge in [-0.25, -0.2) is 4.39 Å². The molecule has 0 fully saturated rings. The quantitative estimate of drug-likeness (QED) is 0.679. The van der Waals surface area contributed by atoms with Crippen molar-refractivity contribution < 1.29 is 13.9 Å². The highest BCUT2D eigenvalue weighted by atomic mass is 19.1. The van der Waals surface area contributed by atoms with Crippen molar-refractivity contribution in [3.8, 4) is 16.9 Å². The van der Waals surface area contributed by atoms with Gasteiger partial charge in [-0.3, -0.25) is 4.79 Å². The number of ether oxygens (including phenoxy) is 1. The summed E-state index contributed by atoms with van der Waals surface area (Å²) < 4.78 is 20.9. The number of aromatic nitrogens is 1. The second-order valence-electron chi connectivity index (χ2n) is 4.63. The maximum absolute atomic E-state index is 13.6. The summed E-state index contributed by atoms with van der Waals surface area (Å²) in [7, 11) is 0. The summed E-state index contributed by atoms with van der Waals surface area (Å²) >= 11 is 0. The third-order valence-electron chi connectivity index (χ3n) is 3.36. The van der Waals surface area contributed by atoms with E-state index in [0.29, 0.717) is 29.2 Å². The standard InChI is InChI=1S/C17H14FNO2/c1-2-21-17-7-6-12(18)9-15(17)14-10-13-5-3-4-8-19(13)16(14)11-20/h3-11H,2H2,1H3. The zero-order valence-electron chi connectivity index (χ0n) is 11.5. The van der Waals surface area contributed by atoms with Crippen LogP contribution < -0.4 is 4.74 Å². The van der Waals surface area contributed by atoms with Gasteiger partial charge in [-0.05, 0) is 43.3 Å². The Kier molecular flexibility index (Phi) is 3.44. The summed E-state index contributed by atoms with van der Waals surface area (Å²) in [4.78, 5) is 11.5. The summed E-state index contributed by atoms with van der Waals surface area (Å²) in [6, 6.07) is 11.8. The number of pyridine rings is 1. The predicted molar refractivity (Wildman–Crippen MR) is 79.3 cm³/mol. The van der Waals surface area contributed by atoms with Crippen LogP contribution in [0.25, 0.3) is 16.6 Å². The lowest BCUT2D eigenvalue weighted by Crippen LogP contribution is -1.97. The van der Waals surface area contributed by atoms with E-state index in [2.05, 4.69) is 0 Å². The highest BCUT2D eigenvalue weighted by Gasteiger charge is 2.15. The molecule has 3 nitrogen and oxygen atoms in total. The Morgan fingerprint density at radius 1 is 1.19 bits per heavy atom. The smallest absolute Gasteiger partial charge is 0.167 e. The zero-order chi connectivity index (χ0) is 14.8. The molecule has 0 spiro atoms. The Morgan fingerprint density at radius 3 is 2.81 bits per heavy atom. The van der Waals surface area contributed by atoms with Gasteiger partial charge in [0.05, 0.1) is 12.3 Å². The van der Waals surface area contributed by atoms with Crippen molar-refractivity contribution in [2.45, 2.75) is 6.92 Å². The molecule has 0 saturated carbocycles. The number of rotatable bonds is 4. The molecule has 0 unspecified atom stereocenters. The Bertz CT molecular complexity index is 808. The first-order valence-corrected chi connectivity index (χ1v) is 6.72. The van der Waals surface area contributed by atoms with Crippen LogP contribution in [0.2, 0.25) is 0 Å². The number of hydrogen-bond acceptors (Lipinski definition) is 2. The van der Waals surface area contributed by atoms with Crippen LogP contribution in [0.15, 0.2) is 48.7 Å². The minimum absolute atomic E-state index is 0.361. The molecule has 0 aliphatic heterocycles. The average Bonchev–Trinajstić information content (AvgIpc) is 2.87. The van der Waals surface area contributed by atoms with E-state index in [4.69, 9.17) is 4.74 Å². The van der Waals surface area contributed by atoms with E-state index in [-0.39, 0.29) is 5.82 Å². The molecule has 0 amide bonds. The van der Waals surface area contributed by atoms with Gasteiger partial charge in [0.15, 0.2) is 6.29 Å². The Balaban J connectivity index is 2.29. The number of hydrogen-bond donors (Lipinski definition) is 0. The minimum atomic E-state index is -0.361. The molecule has 0 radical (unpaired) electrons. The lowest BCUT2D eigenvalue weighted by Gasteiger charge is -2.10. The van der Waals surface area contributed by atoms with Gasteiger partial charge < -0.3 is 9.14 Å².